The highest BCUT2D eigenvalue weighted by molar-refractivity contribution is 5.93. The number of hydrogen-bond acceptors (Lipinski definition) is 9. The zero-order chi connectivity index (χ0) is 25.5. The van der Waals surface area contributed by atoms with Gasteiger partial charge in [0.15, 0.2) is 12.4 Å². The number of benzene rings is 1. The van der Waals surface area contributed by atoms with Crippen LogP contribution in [0.15, 0.2) is 68.6 Å². The van der Waals surface area contributed by atoms with Gasteiger partial charge in [0.25, 0.3) is 11.8 Å². The van der Waals surface area contributed by atoms with Gasteiger partial charge in [-0.3, -0.25) is 19.3 Å². The minimum Gasteiger partial charge on any atom is -0.477 e. The van der Waals surface area contributed by atoms with E-state index in [-0.39, 0.29) is 11.7 Å². The van der Waals surface area contributed by atoms with Crippen LogP contribution in [0.1, 0.15) is 26.7 Å². The standard InChI is InChI=1S/C25H25N3O8/c1-33-25(32)17-4-6-18(7-5-17)26-23(30)16-36-22-15-35-19(13-20(22)29)14-27-8-10-28(11-9-27)24(31)21-3-2-12-34-21/h2-7,12-13,15H,8-11,14,16H2,1H3,(H,26,30). The SMILES string of the molecule is COC(=O)c1ccc(NC(=O)COc2coc(CN3CCN(C(=O)c4ccco4)CC3)cc2=O)cc1. The number of esters is 1. The Kier molecular flexibility index (Phi) is 7.81. The monoisotopic (exact) mass is 495 g/mol. The van der Waals surface area contributed by atoms with E-state index in [2.05, 4.69) is 15.0 Å². The summed E-state index contributed by atoms with van der Waals surface area (Å²) in [5, 5.41) is 2.61. The molecule has 0 radical (unpaired) electrons. The number of nitrogens with zero attached hydrogens (tertiary/aromatic N) is 2. The molecule has 1 aliphatic rings. The smallest absolute Gasteiger partial charge is 0.337 e. The highest BCUT2D eigenvalue weighted by Gasteiger charge is 2.24. The quantitative estimate of drug-likeness (QED) is 0.466. The molecule has 1 aromatic carbocycles. The van der Waals surface area contributed by atoms with E-state index < -0.39 is 23.9 Å². The average molecular weight is 495 g/mol. The molecule has 0 saturated carbocycles. The van der Waals surface area contributed by atoms with Gasteiger partial charge in [-0.2, -0.15) is 0 Å². The second-order valence-corrected chi connectivity index (χ2v) is 8.03. The molecule has 3 aromatic rings. The van der Waals surface area contributed by atoms with Crippen molar-refractivity contribution in [2.24, 2.45) is 0 Å². The molecule has 3 heterocycles. The Bertz CT molecular complexity index is 1260. The van der Waals surface area contributed by atoms with Crippen LogP contribution in [0, 0.1) is 0 Å². The van der Waals surface area contributed by atoms with Crippen LogP contribution in [0.2, 0.25) is 0 Å². The molecular formula is C25H25N3O8. The van der Waals surface area contributed by atoms with Crippen molar-refractivity contribution in [3.63, 3.8) is 0 Å². The van der Waals surface area contributed by atoms with E-state index in [0.717, 1.165) is 0 Å². The van der Waals surface area contributed by atoms with Crippen molar-refractivity contribution in [3.05, 3.63) is 82.3 Å². The van der Waals surface area contributed by atoms with Crippen molar-refractivity contribution in [1.29, 1.82) is 0 Å². The normalized spacial score (nSPS) is 13.8. The van der Waals surface area contributed by atoms with Crippen LogP contribution in [-0.4, -0.2) is 67.5 Å². The van der Waals surface area contributed by atoms with Crippen LogP contribution in [0.5, 0.6) is 5.75 Å². The lowest BCUT2D eigenvalue weighted by atomic mass is 10.2. The Morgan fingerprint density at radius 2 is 1.78 bits per heavy atom. The van der Waals surface area contributed by atoms with Crippen molar-refractivity contribution >= 4 is 23.5 Å². The van der Waals surface area contributed by atoms with Gasteiger partial charge in [-0.1, -0.05) is 0 Å². The first kappa shape index (κ1) is 24.7. The second kappa shape index (κ2) is 11.4. The first-order valence-electron chi connectivity index (χ1n) is 11.2. The number of rotatable bonds is 8. The van der Waals surface area contributed by atoms with Gasteiger partial charge < -0.3 is 28.5 Å². The summed E-state index contributed by atoms with van der Waals surface area (Å²) in [6, 6.07) is 10.8. The van der Waals surface area contributed by atoms with E-state index in [0.29, 0.717) is 55.5 Å². The van der Waals surface area contributed by atoms with Crippen molar-refractivity contribution < 1.29 is 32.7 Å². The van der Waals surface area contributed by atoms with Crippen molar-refractivity contribution in [2.45, 2.75) is 6.54 Å². The zero-order valence-electron chi connectivity index (χ0n) is 19.6. The molecule has 1 aliphatic heterocycles. The lowest BCUT2D eigenvalue weighted by Crippen LogP contribution is -2.48. The van der Waals surface area contributed by atoms with Gasteiger partial charge in [0, 0.05) is 37.9 Å². The maximum atomic E-state index is 12.4. The Hall–Kier alpha value is -4.38. The number of hydrogen-bond donors (Lipinski definition) is 1. The Morgan fingerprint density at radius 1 is 1.03 bits per heavy atom. The number of carbonyl (C=O) groups is 3. The van der Waals surface area contributed by atoms with Crippen LogP contribution >= 0.6 is 0 Å². The summed E-state index contributed by atoms with van der Waals surface area (Å²) >= 11 is 0. The molecule has 188 valence electrons. The highest BCUT2D eigenvalue weighted by Crippen LogP contribution is 2.14. The van der Waals surface area contributed by atoms with Crippen molar-refractivity contribution in [2.75, 3.05) is 45.2 Å². The number of furan rings is 1. The fourth-order valence-electron chi connectivity index (χ4n) is 3.66. The highest BCUT2D eigenvalue weighted by atomic mass is 16.5. The maximum Gasteiger partial charge on any atom is 0.337 e. The number of methoxy groups -OCH3 is 1. The third-order valence-electron chi connectivity index (χ3n) is 5.57. The lowest BCUT2D eigenvalue weighted by molar-refractivity contribution is -0.118. The summed E-state index contributed by atoms with van der Waals surface area (Å²) in [6.07, 6.45) is 2.66. The fourth-order valence-corrected chi connectivity index (χ4v) is 3.66. The number of carbonyl (C=O) groups excluding carboxylic acids is 3. The number of amides is 2. The third-order valence-corrected chi connectivity index (χ3v) is 5.57. The van der Waals surface area contributed by atoms with Crippen LogP contribution in [0.4, 0.5) is 5.69 Å². The molecule has 2 aromatic heterocycles. The van der Waals surface area contributed by atoms with E-state index in [9.17, 15) is 19.2 Å². The summed E-state index contributed by atoms with van der Waals surface area (Å²) in [6.45, 7) is 2.32. The van der Waals surface area contributed by atoms with Crippen LogP contribution in [-0.2, 0) is 16.1 Å². The molecule has 1 N–H and O–H groups in total. The molecule has 11 nitrogen and oxygen atoms in total. The first-order valence-corrected chi connectivity index (χ1v) is 11.2. The zero-order valence-corrected chi connectivity index (χ0v) is 19.6. The molecule has 4 rings (SSSR count). The minimum atomic E-state index is -0.480. The molecule has 2 amide bonds. The summed E-state index contributed by atoms with van der Waals surface area (Å²) in [5.41, 5.74) is 0.413. The van der Waals surface area contributed by atoms with E-state index in [4.69, 9.17) is 13.6 Å². The van der Waals surface area contributed by atoms with Crippen LogP contribution in [0.25, 0.3) is 0 Å². The van der Waals surface area contributed by atoms with Gasteiger partial charge in [0.1, 0.15) is 12.0 Å². The van der Waals surface area contributed by atoms with Crippen molar-refractivity contribution in [1.82, 2.24) is 9.80 Å². The predicted molar refractivity (Wildman–Crippen MR) is 127 cm³/mol. The Labute approximate surface area is 206 Å². The summed E-state index contributed by atoms with van der Waals surface area (Å²) < 4.78 is 20.6. The third kappa shape index (κ3) is 6.19. The predicted octanol–water partition coefficient (Wildman–Crippen LogP) is 1.99. The summed E-state index contributed by atoms with van der Waals surface area (Å²) in [4.78, 5) is 52.2. The van der Waals surface area contributed by atoms with Gasteiger partial charge in [0.2, 0.25) is 11.2 Å². The van der Waals surface area contributed by atoms with Gasteiger partial charge in [-0.15, -0.1) is 0 Å². The molecule has 1 saturated heterocycles. The molecule has 0 aliphatic carbocycles. The fraction of sp³-hybridized carbons (Fsp3) is 0.280. The molecule has 0 atom stereocenters. The summed E-state index contributed by atoms with van der Waals surface area (Å²) in [7, 11) is 1.28. The van der Waals surface area contributed by atoms with Crippen molar-refractivity contribution in [3.8, 4) is 5.75 Å². The van der Waals surface area contributed by atoms with E-state index in [1.807, 2.05) is 0 Å². The molecule has 1 fully saturated rings. The van der Waals surface area contributed by atoms with E-state index in [1.165, 1.54) is 37.8 Å². The average Bonchev–Trinajstić information content (AvgIpc) is 3.43. The maximum absolute atomic E-state index is 12.4. The lowest BCUT2D eigenvalue weighted by Gasteiger charge is -2.33. The first-order chi connectivity index (χ1) is 17.4. The molecule has 0 unspecified atom stereocenters. The van der Waals surface area contributed by atoms with E-state index >= 15 is 0 Å². The topological polar surface area (TPSA) is 132 Å². The van der Waals surface area contributed by atoms with Crippen LogP contribution < -0.4 is 15.5 Å². The Morgan fingerprint density at radius 3 is 2.42 bits per heavy atom. The molecular weight excluding hydrogens is 470 g/mol. The van der Waals surface area contributed by atoms with Gasteiger partial charge in [-0.25, -0.2) is 4.79 Å². The van der Waals surface area contributed by atoms with Gasteiger partial charge in [0.05, 0.1) is 25.5 Å². The minimum absolute atomic E-state index is 0.0798. The number of ether oxygens (including phenoxy) is 2. The van der Waals surface area contributed by atoms with Gasteiger partial charge in [-0.05, 0) is 36.4 Å². The molecule has 0 bridgehead atoms. The second-order valence-electron chi connectivity index (χ2n) is 8.03. The molecule has 0 spiro atoms. The van der Waals surface area contributed by atoms with E-state index in [1.54, 1.807) is 29.2 Å². The largest absolute Gasteiger partial charge is 0.477 e. The molecule has 11 heteroatoms. The number of anilines is 1. The number of piperazine rings is 1. The van der Waals surface area contributed by atoms with Crippen LogP contribution in [0.3, 0.4) is 0 Å². The Balaban J connectivity index is 1.23. The summed E-state index contributed by atoms with van der Waals surface area (Å²) in [5.74, 6) is -0.415. The molecule has 36 heavy (non-hydrogen) atoms. The number of nitrogens with one attached hydrogen (secondary N) is 1. The van der Waals surface area contributed by atoms with Gasteiger partial charge >= 0.3 is 5.97 Å².